The Morgan fingerprint density at radius 1 is 1.40 bits per heavy atom. The molecule has 2 heteroatoms. The molecule has 0 spiro atoms. The molecule has 0 nitrogen and oxygen atoms in total. The summed E-state index contributed by atoms with van der Waals surface area (Å²) in [4.78, 5) is 1.43. The first-order chi connectivity index (χ1) is 4.50. The molecule has 0 bridgehead atoms. The molecular weight excluding hydrogens is 208 g/mol. The molecular formula is C8H11BrS. The molecule has 0 aliphatic heterocycles. The van der Waals surface area contributed by atoms with E-state index in [-0.39, 0.29) is 0 Å². The van der Waals surface area contributed by atoms with Gasteiger partial charge in [0.05, 0.1) is 0 Å². The molecule has 0 aliphatic rings. The molecule has 0 saturated carbocycles. The topological polar surface area (TPSA) is 0 Å². The van der Waals surface area contributed by atoms with Crippen molar-refractivity contribution in [2.45, 2.75) is 26.2 Å². The van der Waals surface area contributed by atoms with E-state index in [2.05, 4.69) is 48.1 Å². The molecule has 0 aliphatic carbocycles. The second kappa shape index (κ2) is 2.67. The van der Waals surface area contributed by atoms with Crippen LogP contribution in [0.15, 0.2) is 15.9 Å². The third kappa shape index (κ3) is 1.83. The Bertz CT molecular complexity index is 219. The van der Waals surface area contributed by atoms with Crippen LogP contribution >= 0.6 is 27.3 Å². The van der Waals surface area contributed by atoms with Gasteiger partial charge in [-0.25, -0.2) is 0 Å². The van der Waals surface area contributed by atoms with Crippen LogP contribution < -0.4 is 0 Å². The quantitative estimate of drug-likeness (QED) is 0.622. The summed E-state index contributed by atoms with van der Waals surface area (Å²) in [5.74, 6) is 0. The summed E-state index contributed by atoms with van der Waals surface area (Å²) >= 11 is 5.24. The van der Waals surface area contributed by atoms with Crippen LogP contribution in [0.5, 0.6) is 0 Å². The van der Waals surface area contributed by atoms with E-state index < -0.39 is 0 Å². The lowest BCUT2D eigenvalue weighted by Gasteiger charge is -2.14. The summed E-state index contributed by atoms with van der Waals surface area (Å²) in [5, 5.41) is 2.13. The standard InChI is InChI=1S/C8H11BrS/c1-8(2,3)7-4-6(9)5-10-7/h4-5H,1-3H3. The van der Waals surface area contributed by atoms with E-state index in [4.69, 9.17) is 0 Å². The van der Waals surface area contributed by atoms with Crippen LogP contribution in [-0.4, -0.2) is 0 Å². The van der Waals surface area contributed by atoms with Crippen LogP contribution in [0.3, 0.4) is 0 Å². The first kappa shape index (κ1) is 8.28. The maximum atomic E-state index is 3.44. The van der Waals surface area contributed by atoms with Crippen molar-refractivity contribution in [2.24, 2.45) is 0 Å². The molecule has 0 fully saturated rings. The Hall–Kier alpha value is 0.180. The zero-order valence-corrected chi connectivity index (χ0v) is 8.84. The first-order valence-corrected chi connectivity index (χ1v) is 4.92. The lowest BCUT2D eigenvalue weighted by atomic mass is 9.95. The van der Waals surface area contributed by atoms with E-state index in [1.54, 1.807) is 0 Å². The molecule has 0 atom stereocenters. The van der Waals surface area contributed by atoms with Crippen LogP contribution in [0.1, 0.15) is 25.6 Å². The Labute approximate surface area is 74.4 Å². The summed E-state index contributed by atoms with van der Waals surface area (Å²) in [7, 11) is 0. The van der Waals surface area contributed by atoms with Crippen molar-refractivity contribution in [1.82, 2.24) is 0 Å². The minimum Gasteiger partial charge on any atom is -0.147 e. The summed E-state index contributed by atoms with van der Waals surface area (Å²) < 4.78 is 1.20. The van der Waals surface area contributed by atoms with Crippen molar-refractivity contribution in [3.63, 3.8) is 0 Å². The minimum atomic E-state index is 0.302. The third-order valence-corrected chi connectivity index (χ3v) is 3.42. The number of halogens is 1. The van der Waals surface area contributed by atoms with Gasteiger partial charge in [0.2, 0.25) is 0 Å². The maximum Gasteiger partial charge on any atom is 0.0285 e. The highest BCUT2D eigenvalue weighted by atomic mass is 79.9. The van der Waals surface area contributed by atoms with Crippen molar-refractivity contribution in [2.75, 3.05) is 0 Å². The summed E-state index contributed by atoms with van der Waals surface area (Å²) in [6, 6.07) is 2.19. The molecule has 10 heavy (non-hydrogen) atoms. The van der Waals surface area contributed by atoms with E-state index >= 15 is 0 Å². The number of hydrogen-bond donors (Lipinski definition) is 0. The van der Waals surface area contributed by atoms with Gasteiger partial charge in [0.15, 0.2) is 0 Å². The van der Waals surface area contributed by atoms with Gasteiger partial charge >= 0.3 is 0 Å². The maximum absolute atomic E-state index is 3.44. The molecule has 1 aromatic rings. The van der Waals surface area contributed by atoms with Gasteiger partial charge in [0.1, 0.15) is 0 Å². The largest absolute Gasteiger partial charge is 0.147 e. The van der Waals surface area contributed by atoms with Gasteiger partial charge in [0, 0.05) is 14.7 Å². The van der Waals surface area contributed by atoms with Gasteiger partial charge in [-0.05, 0) is 27.4 Å². The van der Waals surface area contributed by atoms with Gasteiger partial charge in [0.25, 0.3) is 0 Å². The zero-order chi connectivity index (χ0) is 7.78. The van der Waals surface area contributed by atoms with Crippen LogP contribution in [0.4, 0.5) is 0 Å². The normalized spacial score (nSPS) is 12.0. The summed E-state index contributed by atoms with van der Waals surface area (Å²) in [6.45, 7) is 6.68. The predicted molar refractivity (Wildman–Crippen MR) is 50.7 cm³/mol. The van der Waals surface area contributed by atoms with Gasteiger partial charge in [-0.1, -0.05) is 20.8 Å². The molecule has 1 heterocycles. The van der Waals surface area contributed by atoms with Crippen molar-refractivity contribution in [3.8, 4) is 0 Å². The van der Waals surface area contributed by atoms with E-state index in [9.17, 15) is 0 Å². The Morgan fingerprint density at radius 3 is 2.20 bits per heavy atom. The van der Waals surface area contributed by atoms with Crippen LogP contribution in [0.25, 0.3) is 0 Å². The monoisotopic (exact) mass is 218 g/mol. The fraction of sp³-hybridized carbons (Fsp3) is 0.500. The Balaban J connectivity index is 2.96. The van der Waals surface area contributed by atoms with Crippen LogP contribution in [-0.2, 0) is 5.41 Å². The average molecular weight is 219 g/mol. The molecule has 56 valence electrons. The average Bonchev–Trinajstić information content (AvgIpc) is 2.11. The predicted octanol–water partition coefficient (Wildman–Crippen LogP) is 3.81. The van der Waals surface area contributed by atoms with Crippen molar-refractivity contribution >= 4 is 27.3 Å². The van der Waals surface area contributed by atoms with Crippen LogP contribution in [0.2, 0.25) is 0 Å². The summed E-state index contributed by atoms with van der Waals surface area (Å²) in [5.41, 5.74) is 0.302. The molecule has 0 aromatic carbocycles. The molecule has 0 radical (unpaired) electrons. The smallest absolute Gasteiger partial charge is 0.0285 e. The second-order valence-electron chi connectivity index (χ2n) is 3.38. The van der Waals surface area contributed by atoms with Crippen LogP contribution in [0, 0.1) is 0 Å². The van der Waals surface area contributed by atoms with E-state index in [1.807, 2.05) is 11.3 Å². The number of thiophene rings is 1. The fourth-order valence-electron chi connectivity index (χ4n) is 0.706. The lowest BCUT2D eigenvalue weighted by molar-refractivity contribution is 0.604. The van der Waals surface area contributed by atoms with E-state index in [1.165, 1.54) is 9.35 Å². The molecule has 0 amide bonds. The molecule has 0 N–H and O–H groups in total. The zero-order valence-electron chi connectivity index (χ0n) is 6.44. The Morgan fingerprint density at radius 2 is 2.00 bits per heavy atom. The van der Waals surface area contributed by atoms with Gasteiger partial charge in [-0.15, -0.1) is 11.3 Å². The van der Waals surface area contributed by atoms with E-state index in [0.29, 0.717) is 5.41 Å². The molecule has 0 saturated heterocycles. The third-order valence-electron chi connectivity index (χ3n) is 1.31. The first-order valence-electron chi connectivity index (χ1n) is 3.24. The van der Waals surface area contributed by atoms with Gasteiger partial charge in [-0.2, -0.15) is 0 Å². The van der Waals surface area contributed by atoms with Crippen molar-refractivity contribution in [3.05, 3.63) is 20.8 Å². The SMILES string of the molecule is CC(C)(C)c1cc(Br)cs1. The molecule has 1 aromatic heterocycles. The highest BCUT2D eigenvalue weighted by Crippen LogP contribution is 2.30. The highest BCUT2D eigenvalue weighted by Gasteiger charge is 2.14. The van der Waals surface area contributed by atoms with E-state index in [0.717, 1.165) is 0 Å². The fourth-order valence-corrected chi connectivity index (χ4v) is 2.22. The summed E-state index contributed by atoms with van der Waals surface area (Å²) in [6.07, 6.45) is 0. The minimum absolute atomic E-state index is 0.302. The lowest BCUT2D eigenvalue weighted by Crippen LogP contribution is -2.07. The molecule has 1 rings (SSSR count). The number of rotatable bonds is 0. The highest BCUT2D eigenvalue weighted by molar-refractivity contribution is 9.10. The van der Waals surface area contributed by atoms with Gasteiger partial charge in [-0.3, -0.25) is 0 Å². The number of hydrogen-bond acceptors (Lipinski definition) is 1. The van der Waals surface area contributed by atoms with Crippen molar-refractivity contribution < 1.29 is 0 Å². The second-order valence-corrected chi connectivity index (χ2v) is 5.21. The van der Waals surface area contributed by atoms with Crippen molar-refractivity contribution in [1.29, 1.82) is 0 Å². The Kier molecular flexibility index (Phi) is 2.21. The van der Waals surface area contributed by atoms with Gasteiger partial charge < -0.3 is 0 Å². The molecule has 0 unspecified atom stereocenters.